The van der Waals surface area contributed by atoms with Gasteiger partial charge in [0.1, 0.15) is 5.76 Å². The van der Waals surface area contributed by atoms with Gasteiger partial charge in [-0.3, -0.25) is 9.59 Å². The van der Waals surface area contributed by atoms with Crippen LogP contribution in [0.2, 0.25) is 0 Å². The first-order chi connectivity index (χ1) is 16.3. The molecule has 1 saturated heterocycles. The fourth-order valence-corrected chi connectivity index (χ4v) is 3.73. The smallest absolute Gasteiger partial charge is 0.434 e. The van der Waals surface area contributed by atoms with E-state index in [1.165, 1.54) is 30.4 Å². The van der Waals surface area contributed by atoms with E-state index in [-0.39, 0.29) is 43.2 Å². The van der Waals surface area contributed by atoms with Crippen LogP contribution >= 0.6 is 0 Å². The molecule has 1 aliphatic rings. The Morgan fingerprint density at radius 3 is 2.56 bits per heavy atom. The number of alkyl halides is 3. The zero-order valence-electron chi connectivity index (χ0n) is 18.1. The van der Waals surface area contributed by atoms with E-state index in [0.717, 1.165) is 6.20 Å². The number of ether oxygens (including phenoxy) is 1. The van der Waals surface area contributed by atoms with Gasteiger partial charge in [-0.1, -0.05) is 0 Å². The number of methoxy groups -OCH3 is 1. The van der Waals surface area contributed by atoms with Gasteiger partial charge in [-0.25, -0.2) is 4.68 Å². The van der Waals surface area contributed by atoms with Gasteiger partial charge in [-0.05, 0) is 31.0 Å². The second-order valence-electron chi connectivity index (χ2n) is 7.61. The highest BCUT2D eigenvalue weighted by Crippen LogP contribution is 2.34. The van der Waals surface area contributed by atoms with Crippen LogP contribution in [-0.4, -0.2) is 56.9 Å². The van der Waals surface area contributed by atoms with Gasteiger partial charge in [0, 0.05) is 25.1 Å². The minimum absolute atomic E-state index is 0.122. The summed E-state index contributed by atoms with van der Waals surface area (Å²) in [5.74, 6) is -0.826. The Morgan fingerprint density at radius 2 is 1.97 bits per heavy atom. The Labute approximate surface area is 191 Å². The van der Waals surface area contributed by atoms with Crippen molar-refractivity contribution in [1.82, 2.24) is 30.2 Å². The summed E-state index contributed by atoms with van der Waals surface area (Å²) >= 11 is 0. The third kappa shape index (κ3) is 4.87. The quantitative estimate of drug-likeness (QED) is 0.579. The van der Waals surface area contributed by atoms with Crippen LogP contribution in [0.15, 0.2) is 41.1 Å². The number of hydrogen-bond acceptors (Lipinski definition) is 7. The van der Waals surface area contributed by atoms with Crippen LogP contribution < -0.4 is 10.1 Å². The van der Waals surface area contributed by atoms with Crippen molar-refractivity contribution in [2.24, 2.45) is 5.92 Å². The fraction of sp³-hybridized carbons (Fsp3) is 0.381. The fourth-order valence-electron chi connectivity index (χ4n) is 3.73. The molecule has 0 aromatic carbocycles. The maximum Gasteiger partial charge on any atom is 0.434 e. The van der Waals surface area contributed by atoms with Gasteiger partial charge in [-0.15, -0.1) is 10.2 Å². The monoisotopic (exact) mass is 478 g/mol. The predicted molar refractivity (Wildman–Crippen MR) is 110 cm³/mol. The van der Waals surface area contributed by atoms with Crippen molar-refractivity contribution in [1.29, 1.82) is 0 Å². The Balaban J connectivity index is 1.45. The summed E-state index contributed by atoms with van der Waals surface area (Å²) in [7, 11) is 1.35. The summed E-state index contributed by atoms with van der Waals surface area (Å²) in [6, 6.07) is 6.05. The Bertz CT molecular complexity index is 1140. The average Bonchev–Trinajstić information content (AvgIpc) is 3.52. The SMILES string of the molecule is COc1ccc(-n2ncc(C(=O)N3CCC(C(=O)NCc4ccco4)CC3)c2C(F)(F)F)nn1. The molecule has 10 nitrogen and oxygen atoms in total. The molecule has 13 heteroatoms. The molecule has 0 radical (unpaired) electrons. The molecular formula is C21H21F3N6O4. The second-order valence-corrected chi connectivity index (χ2v) is 7.61. The van der Waals surface area contributed by atoms with Crippen molar-refractivity contribution in [2.75, 3.05) is 20.2 Å². The number of halogens is 3. The first-order valence-corrected chi connectivity index (χ1v) is 10.4. The number of carbonyl (C=O) groups excluding carboxylic acids is 2. The number of amides is 2. The standard InChI is InChI=1S/C21H21F3N6O4/c1-33-17-5-4-16(27-28-17)30-18(21(22,23)24)15(12-26-30)20(32)29-8-6-13(7-9-29)19(31)25-11-14-3-2-10-34-14/h2-5,10,12-13H,6-9,11H2,1H3,(H,25,31). The van der Waals surface area contributed by atoms with Crippen LogP contribution in [-0.2, 0) is 17.5 Å². The predicted octanol–water partition coefficient (Wildman–Crippen LogP) is 2.45. The van der Waals surface area contributed by atoms with E-state index in [1.54, 1.807) is 12.1 Å². The largest absolute Gasteiger partial charge is 0.480 e. The molecule has 34 heavy (non-hydrogen) atoms. The van der Waals surface area contributed by atoms with Crippen LogP contribution in [0.1, 0.15) is 34.7 Å². The number of rotatable bonds is 6. The maximum atomic E-state index is 13.9. The number of nitrogens with one attached hydrogen (secondary N) is 1. The number of nitrogens with zero attached hydrogens (tertiary/aromatic N) is 5. The van der Waals surface area contributed by atoms with E-state index in [1.807, 2.05) is 0 Å². The summed E-state index contributed by atoms with van der Waals surface area (Å²) in [4.78, 5) is 26.7. The molecule has 180 valence electrons. The second kappa shape index (κ2) is 9.53. The zero-order valence-corrected chi connectivity index (χ0v) is 18.1. The van der Waals surface area contributed by atoms with Crippen molar-refractivity contribution in [3.8, 4) is 11.7 Å². The highest BCUT2D eigenvalue weighted by Gasteiger charge is 2.42. The first kappa shape index (κ1) is 23.3. The molecular weight excluding hydrogens is 457 g/mol. The molecule has 0 bridgehead atoms. The molecule has 0 unspecified atom stereocenters. The van der Waals surface area contributed by atoms with Crippen molar-refractivity contribution < 1.29 is 31.9 Å². The Hall–Kier alpha value is -3.90. The van der Waals surface area contributed by atoms with Gasteiger partial charge in [0.15, 0.2) is 11.5 Å². The number of hydrogen-bond donors (Lipinski definition) is 1. The third-order valence-electron chi connectivity index (χ3n) is 5.49. The summed E-state index contributed by atoms with van der Waals surface area (Å²) in [5.41, 5.74) is -1.83. The number of likely N-dealkylation sites (tertiary alicyclic amines) is 1. The molecule has 3 aromatic rings. The number of aromatic nitrogens is 4. The summed E-state index contributed by atoms with van der Waals surface area (Å²) in [5, 5.41) is 13.9. The van der Waals surface area contributed by atoms with Crippen molar-refractivity contribution >= 4 is 11.8 Å². The van der Waals surface area contributed by atoms with Gasteiger partial charge in [0.05, 0.1) is 31.7 Å². The van der Waals surface area contributed by atoms with Crippen LogP contribution in [0.4, 0.5) is 13.2 Å². The average molecular weight is 478 g/mol. The molecule has 0 saturated carbocycles. The maximum absolute atomic E-state index is 13.9. The van der Waals surface area contributed by atoms with E-state index in [4.69, 9.17) is 9.15 Å². The van der Waals surface area contributed by atoms with E-state index < -0.39 is 23.3 Å². The van der Waals surface area contributed by atoms with Crippen LogP contribution in [0.5, 0.6) is 5.88 Å². The third-order valence-corrected chi connectivity index (χ3v) is 5.49. The van der Waals surface area contributed by atoms with Crippen LogP contribution in [0, 0.1) is 5.92 Å². The molecule has 2 amide bonds. The van der Waals surface area contributed by atoms with Gasteiger partial charge in [0.25, 0.3) is 5.91 Å². The van der Waals surface area contributed by atoms with Gasteiger partial charge in [0.2, 0.25) is 11.8 Å². The lowest BCUT2D eigenvalue weighted by atomic mass is 9.95. The van der Waals surface area contributed by atoms with E-state index in [0.29, 0.717) is 23.3 Å². The van der Waals surface area contributed by atoms with Gasteiger partial charge >= 0.3 is 6.18 Å². The number of piperidine rings is 1. The molecule has 3 aromatic heterocycles. The Kier molecular flexibility index (Phi) is 6.52. The summed E-state index contributed by atoms with van der Waals surface area (Å²) in [6.07, 6.45) is -1.83. The molecule has 1 N–H and O–H groups in total. The van der Waals surface area contributed by atoms with E-state index in [2.05, 4.69) is 20.6 Å². The summed E-state index contributed by atoms with van der Waals surface area (Å²) < 4.78 is 52.3. The lowest BCUT2D eigenvalue weighted by Gasteiger charge is -2.31. The van der Waals surface area contributed by atoms with E-state index >= 15 is 0 Å². The molecule has 1 aliphatic heterocycles. The lowest BCUT2D eigenvalue weighted by molar-refractivity contribution is -0.143. The van der Waals surface area contributed by atoms with Crippen molar-refractivity contribution in [3.05, 3.63) is 53.7 Å². The molecule has 4 heterocycles. The first-order valence-electron chi connectivity index (χ1n) is 10.4. The molecule has 1 fully saturated rings. The number of furan rings is 1. The van der Waals surface area contributed by atoms with Gasteiger partial charge < -0.3 is 19.4 Å². The molecule has 0 atom stereocenters. The van der Waals surface area contributed by atoms with Crippen molar-refractivity contribution in [3.63, 3.8) is 0 Å². The molecule has 0 spiro atoms. The van der Waals surface area contributed by atoms with E-state index in [9.17, 15) is 22.8 Å². The van der Waals surface area contributed by atoms with Crippen LogP contribution in [0.25, 0.3) is 5.82 Å². The minimum atomic E-state index is -4.87. The van der Waals surface area contributed by atoms with Crippen molar-refractivity contribution in [2.45, 2.75) is 25.6 Å². The molecule has 0 aliphatic carbocycles. The lowest BCUT2D eigenvalue weighted by Crippen LogP contribution is -2.43. The van der Waals surface area contributed by atoms with Crippen LogP contribution in [0.3, 0.4) is 0 Å². The topological polar surface area (TPSA) is 115 Å². The summed E-state index contributed by atoms with van der Waals surface area (Å²) in [6.45, 7) is 0.526. The highest BCUT2D eigenvalue weighted by atomic mass is 19.4. The minimum Gasteiger partial charge on any atom is -0.480 e. The zero-order chi connectivity index (χ0) is 24.3. The number of carbonyl (C=O) groups is 2. The normalized spacial score (nSPS) is 14.8. The highest BCUT2D eigenvalue weighted by molar-refractivity contribution is 5.95. The Morgan fingerprint density at radius 1 is 1.21 bits per heavy atom. The van der Waals surface area contributed by atoms with Gasteiger partial charge in [-0.2, -0.15) is 18.3 Å². The molecule has 4 rings (SSSR count).